The molecule has 0 radical (unpaired) electrons. The third-order valence-corrected chi connectivity index (χ3v) is 3.45. The van der Waals surface area contributed by atoms with Gasteiger partial charge in [0, 0.05) is 24.0 Å². The highest BCUT2D eigenvalue weighted by molar-refractivity contribution is 5.46. The van der Waals surface area contributed by atoms with Crippen molar-refractivity contribution in [3.8, 4) is 17.2 Å². The summed E-state index contributed by atoms with van der Waals surface area (Å²) in [6.07, 6.45) is -2.51. The van der Waals surface area contributed by atoms with Gasteiger partial charge in [-0.15, -0.1) is 0 Å². The van der Waals surface area contributed by atoms with Gasteiger partial charge in [0.25, 0.3) is 0 Å². The first-order chi connectivity index (χ1) is 16.4. The van der Waals surface area contributed by atoms with E-state index in [-0.39, 0.29) is 17.2 Å². The van der Waals surface area contributed by atoms with E-state index in [1.165, 1.54) is 12.1 Å². The molecule has 24 heavy (non-hydrogen) atoms. The van der Waals surface area contributed by atoms with Crippen molar-refractivity contribution in [1.82, 2.24) is 5.32 Å². The molecule has 2 aliphatic heterocycles. The van der Waals surface area contributed by atoms with Gasteiger partial charge in [-0.2, -0.15) is 0 Å². The van der Waals surface area contributed by atoms with E-state index in [2.05, 4.69) is 5.32 Å². The molecule has 2 heterocycles. The molecule has 0 spiro atoms. The van der Waals surface area contributed by atoms with Crippen LogP contribution >= 0.6 is 0 Å². The van der Waals surface area contributed by atoms with Crippen LogP contribution < -0.4 is 19.5 Å². The normalized spacial score (nSPS) is 36.5. The summed E-state index contributed by atoms with van der Waals surface area (Å²) >= 11 is 0. The largest absolute Gasteiger partial charge is 0.493 e. The van der Waals surface area contributed by atoms with Crippen LogP contribution in [0.5, 0.6) is 17.2 Å². The van der Waals surface area contributed by atoms with Gasteiger partial charge in [0.15, 0.2) is 11.5 Å². The van der Waals surface area contributed by atoms with E-state index >= 15 is 0 Å². The van der Waals surface area contributed by atoms with E-state index in [1.807, 2.05) is 0 Å². The molecule has 2 aliphatic rings. The summed E-state index contributed by atoms with van der Waals surface area (Å²) in [5, 5.41) is 2.28. The number of nitrogens with one attached hydrogen (secondary N) is 1. The molecular formula is C19H20FNO3. The molecule has 2 atom stereocenters. The van der Waals surface area contributed by atoms with Crippen LogP contribution in [0.15, 0.2) is 42.4 Å². The minimum Gasteiger partial charge on any atom is -0.493 e. The fraction of sp³-hybridized carbons (Fsp3) is 0.368. The summed E-state index contributed by atoms with van der Waals surface area (Å²) in [6, 6.07) is -0.556. The fourth-order valence-electron chi connectivity index (χ4n) is 2.31. The molecule has 2 aromatic rings. The Morgan fingerprint density at radius 1 is 1.29 bits per heavy atom. The molecule has 0 aliphatic carbocycles. The van der Waals surface area contributed by atoms with Gasteiger partial charge in [-0.1, -0.05) is 12.1 Å². The second-order valence-corrected chi connectivity index (χ2v) is 5.00. The van der Waals surface area contributed by atoms with Crippen LogP contribution in [0.25, 0.3) is 0 Å². The van der Waals surface area contributed by atoms with Gasteiger partial charge in [0.05, 0.1) is 14.8 Å². The van der Waals surface area contributed by atoms with Gasteiger partial charge in [0.2, 0.25) is 6.75 Å². The Balaban J connectivity index is 1.83. The van der Waals surface area contributed by atoms with Gasteiger partial charge < -0.3 is 19.5 Å². The highest BCUT2D eigenvalue weighted by atomic mass is 19.1. The molecule has 1 N–H and O–H groups in total. The topological polar surface area (TPSA) is 39.7 Å². The molecule has 126 valence electrons. The number of rotatable bonds is 4. The van der Waals surface area contributed by atoms with E-state index < -0.39 is 80.1 Å². The maximum Gasteiger partial charge on any atom is 0.231 e. The zero-order chi connectivity index (χ0) is 27.0. The average molecular weight is 341 g/mol. The van der Waals surface area contributed by atoms with E-state index in [9.17, 15) is 4.39 Å². The number of ether oxygens (including phenoxy) is 3. The summed E-state index contributed by atoms with van der Waals surface area (Å²) in [5.41, 5.74) is -0.682. The predicted molar refractivity (Wildman–Crippen MR) is 88.2 cm³/mol. The quantitative estimate of drug-likeness (QED) is 0.926. The van der Waals surface area contributed by atoms with Gasteiger partial charge in [-0.25, -0.2) is 4.39 Å². The SMILES string of the molecule is [2H]c1c([2H])c(C2[C@H](C([2H])([2H])Oc3ccc4c(c3)OC([2H])([2H])O4)C([2H])([2H])NCC2([2H])[2H])c([2H])c([2H])c1F. The summed E-state index contributed by atoms with van der Waals surface area (Å²) in [4.78, 5) is 0. The molecular weight excluding hydrogens is 309 g/mol. The maximum absolute atomic E-state index is 14.2. The standard InChI is InChI=1S/C19H20FNO3/c20-15-3-1-13(2-4-15)17-7-8-21-10-14(17)11-22-16-5-6-18-19(9-16)24-12-23-18/h1-6,9,14,17,21H,7-8,10-12H2/t14-,17?/m0/s1/i1D,2D,3D,4D,7D2,10D2,11D2,12D2. The smallest absolute Gasteiger partial charge is 0.231 e. The van der Waals surface area contributed by atoms with Crippen molar-refractivity contribution >= 4 is 0 Å². The van der Waals surface area contributed by atoms with E-state index in [0.717, 1.165) is 6.07 Å². The Labute approximate surface area is 157 Å². The lowest BCUT2D eigenvalue weighted by Crippen LogP contribution is -2.38. The first kappa shape index (κ1) is 6.92. The molecule has 4 nitrogen and oxygen atoms in total. The summed E-state index contributed by atoms with van der Waals surface area (Å²) in [7, 11) is 0. The highest BCUT2D eigenvalue weighted by Gasteiger charge is 2.27. The molecule has 1 unspecified atom stereocenters. The molecule has 1 saturated heterocycles. The first-order valence-corrected chi connectivity index (χ1v) is 7.10. The van der Waals surface area contributed by atoms with Crippen LogP contribution in [0, 0.1) is 11.7 Å². The number of hydrogen-bond acceptors (Lipinski definition) is 4. The average Bonchev–Trinajstić information content (AvgIpc) is 3.06. The van der Waals surface area contributed by atoms with Crippen molar-refractivity contribution in [2.24, 2.45) is 5.92 Å². The molecule has 4 rings (SSSR count). The molecule has 2 aromatic carbocycles. The second kappa shape index (κ2) is 6.69. The third kappa shape index (κ3) is 3.17. The zero-order valence-corrected chi connectivity index (χ0v) is 12.2. The van der Waals surface area contributed by atoms with Crippen LogP contribution in [-0.2, 0) is 0 Å². The number of hydrogen-bond donors (Lipinski definition) is 1. The Morgan fingerprint density at radius 3 is 3.00 bits per heavy atom. The number of piperidine rings is 1. The summed E-state index contributed by atoms with van der Waals surface area (Å²) < 4.78 is 127. The molecule has 0 bridgehead atoms. The monoisotopic (exact) mass is 341 g/mol. The molecule has 5 heteroatoms. The second-order valence-electron chi connectivity index (χ2n) is 5.00. The Hall–Kier alpha value is -2.27. The van der Waals surface area contributed by atoms with Gasteiger partial charge >= 0.3 is 0 Å². The Bertz CT molecular complexity index is 1200. The molecule has 0 amide bonds. The van der Waals surface area contributed by atoms with Crippen molar-refractivity contribution in [3.63, 3.8) is 0 Å². The predicted octanol–water partition coefficient (Wildman–Crippen LogP) is 3.33. The third-order valence-electron chi connectivity index (χ3n) is 3.45. The lowest BCUT2D eigenvalue weighted by Gasteiger charge is -2.32. The van der Waals surface area contributed by atoms with Crippen molar-refractivity contribution in [2.45, 2.75) is 12.3 Å². The highest BCUT2D eigenvalue weighted by Crippen LogP contribution is 2.36. The minimum absolute atomic E-state index is 0.00624. The van der Waals surface area contributed by atoms with Crippen molar-refractivity contribution in [3.05, 3.63) is 53.7 Å². The number of fused-ring (bicyclic) bond motifs is 1. The summed E-state index contributed by atoms with van der Waals surface area (Å²) in [6.45, 7) is -8.89. The molecule has 1 fully saturated rings. The van der Waals surface area contributed by atoms with Crippen molar-refractivity contribution in [2.75, 3.05) is 26.3 Å². The van der Waals surface area contributed by atoms with Crippen LogP contribution in [-0.4, -0.2) is 26.3 Å². The van der Waals surface area contributed by atoms with Crippen LogP contribution in [0.1, 0.15) is 34.3 Å². The zero-order valence-electron chi connectivity index (χ0n) is 24.2. The number of benzene rings is 2. The van der Waals surface area contributed by atoms with Crippen molar-refractivity contribution < 1.29 is 35.1 Å². The van der Waals surface area contributed by atoms with E-state index in [0.29, 0.717) is 0 Å². The molecule has 0 saturated carbocycles. The Kier molecular flexibility index (Phi) is 1.93. The van der Waals surface area contributed by atoms with Crippen molar-refractivity contribution in [1.29, 1.82) is 0 Å². The van der Waals surface area contributed by atoms with Crippen LogP contribution in [0.2, 0.25) is 0 Å². The number of halogens is 1. The lowest BCUT2D eigenvalue weighted by atomic mass is 9.81. The summed E-state index contributed by atoms with van der Waals surface area (Å²) in [5.74, 6) is -5.89. The van der Waals surface area contributed by atoms with Gasteiger partial charge in [-0.3, -0.25) is 0 Å². The maximum atomic E-state index is 14.2. The lowest BCUT2D eigenvalue weighted by molar-refractivity contribution is 0.173. The minimum atomic E-state index is -3.06. The van der Waals surface area contributed by atoms with Gasteiger partial charge in [0.1, 0.15) is 14.3 Å². The first-order valence-electron chi connectivity index (χ1n) is 13.1. The van der Waals surface area contributed by atoms with Gasteiger partial charge in [-0.05, 0) is 48.6 Å². The van der Waals surface area contributed by atoms with Crippen LogP contribution in [0.3, 0.4) is 0 Å². The van der Waals surface area contributed by atoms with Crippen LogP contribution in [0.4, 0.5) is 4.39 Å². The molecule has 0 aromatic heterocycles. The van der Waals surface area contributed by atoms with E-state index in [4.69, 9.17) is 30.7 Å². The Morgan fingerprint density at radius 2 is 2.12 bits per heavy atom. The van der Waals surface area contributed by atoms with E-state index in [1.54, 1.807) is 0 Å². The fourth-order valence-corrected chi connectivity index (χ4v) is 2.31.